The van der Waals surface area contributed by atoms with Gasteiger partial charge in [0, 0.05) is 63.9 Å². The van der Waals surface area contributed by atoms with E-state index in [0.29, 0.717) is 38.0 Å². The van der Waals surface area contributed by atoms with E-state index >= 15 is 0 Å². The number of likely N-dealkylation sites (tertiary alicyclic amines) is 1. The highest BCUT2D eigenvalue weighted by Gasteiger charge is 2.40. The molecule has 4 rings (SSSR count). The number of fused-ring (bicyclic) bond motifs is 4. The second-order valence-corrected chi connectivity index (χ2v) is 7.93. The Morgan fingerprint density at radius 1 is 1.24 bits per heavy atom. The molecule has 0 radical (unpaired) electrons. The summed E-state index contributed by atoms with van der Waals surface area (Å²) in [4.78, 5) is 27.5. The normalized spacial score (nSPS) is 23.6. The van der Waals surface area contributed by atoms with Crippen molar-refractivity contribution in [2.75, 3.05) is 39.9 Å². The van der Waals surface area contributed by atoms with Gasteiger partial charge in [-0.25, -0.2) is 0 Å². The van der Waals surface area contributed by atoms with Gasteiger partial charge < -0.3 is 24.1 Å². The zero-order valence-corrected chi connectivity index (χ0v) is 16.7. The molecule has 0 aliphatic carbocycles. The number of piperidine rings is 1. The third-order valence-electron chi connectivity index (χ3n) is 6.06. The van der Waals surface area contributed by atoms with E-state index in [0.717, 1.165) is 31.7 Å². The fraction of sp³-hybridized carbons (Fsp3) is 0.600. The molecule has 1 amide bonds. The van der Waals surface area contributed by atoms with Gasteiger partial charge in [0.2, 0.25) is 5.91 Å². The molecule has 0 spiro atoms. The molecule has 2 aromatic heterocycles. The van der Waals surface area contributed by atoms with E-state index in [4.69, 9.17) is 4.74 Å². The van der Waals surface area contributed by atoms with Crippen LogP contribution in [0.15, 0.2) is 35.6 Å². The Morgan fingerprint density at radius 2 is 2.07 bits per heavy atom. The van der Waals surface area contributed by atoms with Crippen molar-refractivity contribution in [3.8, 4) is 0 Å². The van der Waals surface area contributed by atoms with Gasteiger partial charge >= 0.3 is 0 Å². The van der Waals surface area contributed by atoms with Crippen LogP contribution in [0.25, 0.3) is 0 Å². The molecule has 9 heteroatoms. The minimum Gasteiger partial charge on any atom is -0.383 e. The van der Waals surface area contributed by atoms with Crippen LogP contribution in [0.5, 0.6) is 0 Å². The van der Waals surface area contributed by atoms with Crippen LogP contribution < -0.4 is 10.9 Å². The van der Waals surface area contributed by atoms with Crippen molar-refractivity contribution in [3.63, 3.8) is 0 Å². The zero-order valence-electron chi connectivity index (χ0n) is 16.7. The van der Waals surface area contributed by atoms with Gasteiger partial charge in [0.05, 0.1) is 12.6 Å². The highest BCUT2D eigenvalue weighted by atomic mass is 16.5. The van der Waals surface area contributed by atoms with E-state index in [9.17, 15) is 9.59 Å². The van der Waals surface area contributed by atoms with Gasteiger partial charge in [-0.3, -0.25) is 9.59 Å². The van der Waals surface area contributed by atoms with Gasteiger partial charge in [0.1, 0.15) is 12.7 Å². The third kappa shape index (κ3) is 4.40. The molecule has 2 aliphatic heterocycles. The number of nitrogens with one attached hydrogen (secondary N) is 1. The molecule has 0 saturated carbocycles. The first-order chi connectivity index (χ1) is 14.2. The predicted molar refractivity (Wildman–Crippen MR) is 107 cm³/mol. The lowest BCUT2D eigenvalue weighted by Gasteiger charge is -2.47. The number of hydrogen-bond acceptors (Lipinski definition) is 6. The maximum atomic E-state index is 12.7. The Balaban J connectivity index is 1.46. The van der Waals surface area contributed by atoms with Gasteiger partial charge in [0.25, 0.3) is 5.56 Å². The highest BCUT2D eigenvalue weighted by Crippen LogP contribution is 2.40. The molecule has 2 aliphatic rings. The third-order valence-corrected chi connectivity index (χ3v) is 6.06. The van der Waals surface area contributed by atoms with Crippen molar-refractivity contribution in [1.29, 1.82) is 0 Å². The Bertz CT molecular complexity index is 881. The van der Waals surface area contributed by atoms with E-state index in [1.54, 1.807) is 30.4 Å². The van der Waals surface area contributed by atoms with Crippen LogP contribution in [0.1, 0.15) is 30.5 Å². The van der Waals surface area contributed by atoms with Crippen molar-refractivity contribution < 1.29 is 9.53 Å². The molecule has 4 heterocycles. The van der Waals surface area contributed by atoms with Crippen molar-refractivity contribution >= 4 is 5.91 Å². The fourth-order valence-electron chi connectivity index (χ4n) is 4.68. The second kappa shape index (κ2) is 8.87. The summed E-state index contributed by atoms with van der Waals surface area (Å²) in [5, 5.41) is 10.5. The number of pyridine rings is 1. The first-order valence-corrected chi connectivity index (χ1v) is 10.2. The molecule has 3 atom stereocenters. The predicted octanol–water partition coefficient (Wildman–Crippen LogP) is 0.253. The number of carbonyl (C=O) groups excluding carboxylic acids is 1. The van der Waals surface area contributed by atoms with Crippen molar-refractivity contribution in [2.45, 2.75) is 31.3 Å². The Labute approximate surface area is 169 Å². The van der Waals surface area contributed by atoms with Crippen molar-refractivity contribution in [3.05, 3.63) is 46.9 Å². The molecule has 1 saturated heterocycles. The average molecular weight is 400 g/mol. The Kier molecular flexibility index (Phi) is 6.05. The summed E-state index contributed by atoms with van der Waals surface area (Å²) >= 11 is 0. The topological polar surface area (TPSA) is 94.3 Å². The SMILES string of the molecule is COCCN1C[C@H]2C[C@@H](C1)[C@H](CNC(=O)CCn1cnnc1)n1c2cccc1=O. The summed E-state index contributed by atoms with van der Waals surface area (Å²) in [6, 6.07) is 5.49. The number of carbonyl (C=O) groups is 1. The lowest BCUT2D eigenvalue weighted by atomic mass is 9.78. The smallest absolute Gasteiger partial charge is 0.251 e. The number of amides is 1. The van der Waals surface area contributed by atoms with Crippen LogP contribution in [0, 0.1) is 5.92 Å². The van der Waals surface area contributed by atoms with E-state index in [1.807, 2.05) is 10.6 Å². The molecule has 156 valence electrons. The highest BCUT2D eigenvalue weighted by molar-refractivity contribution is 5.75. The van der Waals surface area contributed by atoms with Gasteiger partial charge in [-0.15, -0.1) is 10.2 Å². The van der Waals surface area contributed by atoms with Crippen molar-refractivity contribution in [2.24, 2.45) is 5.92 Å². The van der Waals surface area contributed by atoms with Crippen LogP contribution >= 0.6 is 0 Å². The van der Waals surface area contributed by atoms with Gasteiger partial charge in [-0.1, -0.05) is 6.07 Å². The lowest BCUT2D eigenvalue weighted by molar-refractivity contribution is -0.121. The quantitative estimate of drug-likeness (QED) is 0.683. The molecule has 9 nitrogen and oxygen atoms in total. The minimum atomic E-state index is -0.0293. The summed E-state index contributed by atoms with van der Waals surface area (Å²) in [6.45, 7) is 4.46. The molecule has 1 fully saturated rings. The molecule has 1 N–H and O–H groups in total. The molecular formula is C20H28N6O3. The second-order valence-electron chi connectivity index (χ2n) is 7.93. The van der Waals surface area contributed by atoms with E-state index < -0.39 is 0 Å². The van der Waals surface area contributed by atoms with Crippen LogP contribution in [-0.2, 0) is 16.1 Å². The number of aryl methyl sites for hydroxylation is 1. The van der Waals surface area contributed by atoms with Crippen LogP contribution in [0.2, 0.25) is 0 Å². The first kappa shape index (κ1) is 19.8. The molecule has 0 unspecified atom stereocenters. The first-order valence-electron chi connectivity index (χ1n) is 10.2. The molecule has 2 bridgehead atoms. The number of methoxy groups -OCH3 is 1. The van der Waals surface area contributed by atoms with Gasteiger partial charge in [-0.2, -0.15) is 0 Å². The van der Waals surface area contributed by atoms with Crippen molar-refractivity contribution in [1.82, 2.24) is 29.5 Å². The summed E-state index contributed by atoms with van der Waals surface area (Å²) in [6.07, 6.45) is 4.60. The van der Waals surface area contributed by atoms with E-state index in [1.165, 1.54) is 0 Å². The maximum absolute atomic E-state index is 12.7. The minimum absolute atomic E-state index is 0.0197. The summed E-state index contributed by atoms with van der Waals surface area (Å²) < 4.78 is 8.95. The number of nitrogens with zero attached hydrogens (tertiary/aromatic N) is 5. The maximum Gasteiger partial charge on any atom is 0.251 e. The summed E-state index contributed by atoms with van der Waals surface area (Å²) in [7, 11) is 1.72. The van der Waals surface area contributed by atoms with Gasteiger partial charge in [0.15, 0.2) is 0 Å². The lowest BCUT2D eigenvalue weighted by Crippen LogP contribution is -2.52. The van der Waals surface area contributed by atoms with E-state index in [2.05, 4.69) is 26.5 Å². The monoisotopic (exact) mass is 400 g/mol. The Hall–Kier alpha value is -2.52. The molecular weight excluding hydrogens is 372 g/mol. The van der Waals surface area contributed by atoms with Gasteiger partial charge in [-0.05, 0) is 18.4 Å². The number of rotatable bonds is 8. The fourth-order valence-corrected chi connectivity index (χ4v) is 4.68. The number of aromatic nitrogens is 4. The standard InChI is InChI=1S/C20H28N6O3/c1-29-8-7-24-11-15-9-16(12-24)18(26-17(15)3-2-4-20(26)28)10-21-19(27)5-6-25-13-22-23-14-25/h2-4,13-16,18H,5-12H2,1H3,(H,21,27)/t15-,16+,18+/m1/s1. The van der Waals surface area contributed by atoms with Crippen LogP contribution in [-0.4, -0.2) is 70.0 Å². The summed E-state index contributed by atoms with van der Waals surface area (Å²) in [5.41, 5.74) is 1.10. The Morgan fingerprint density at radius 3 is 2.86 bits per heavy atom. The molecule has 2 aromatic rings. The van der Waals surface area contributed by atoms with E-state index in [-0.39, 0.29) is 17.5 Å². The molecule has 29 heavy (non-hydrogen) atoms. The largest absolute Gasteiger partial charge is 0.383 e. The number of hydrogen-bond donors (Lipinski definition) is 1. The van der Waals surface area contributed by atoms with Crippen LogP contribution in [0.4, 0.5) is 0 Å². The summed E-state index contributed by atoms with van der Waals surface area (Å²) in [5.74, 6) is 0.648. The number of ether oxygens (including phenoxy) is 1. The molecule has 0 aromatic carbocycles. The van der Waals surface area contributed by atoms with Crippen LogP contribution in [0.3, 0.4) is 0 Å². The zero-order chi connectivity index (χ0) is 20.2. The average Bonchev–Trinajstić information content (AvgIpc) is 3.25.